The number of hydrogen-bond donors (Lipinski definition) is 0. The summed E-state index contributed by atoms with van der Waals surface area (Å²) in [5.41, 5.74) is 5.71. The molecule has 0 aromatic heterocycles. The van der Waals surface area contributed by atoms with E-state index in [9.17, 15) is 39.7 Å². The van der Waals surface area contributed by atoms with Crippen molar-refractivity contribution in [1.29, 1.82) is 0 Å². The van der Waals surface area contributed by atoms with Gasteiger partial charge in [0.1, 0.15) is 0 Å². The summed E-state index contributed by atoms with van der Waals surface area (Å²) in [4.78, 5) is 13.6. The Bertz CT molecular complexity index is 1530. The van der Waals surface area contributed by atoms with Gasteiger partial charge in [-0.3, -0.25) is 4.79 Å². The summed E-state index contributed by atoms with van der Waals surface area (Å²) < 4.78 is 108. The molecule has 5 nitrogen and oxygen atoms in total. The molecule has 0 radical (unpaired) electrons. The van der Waals surface area contributed by atoms with Crippen LogP contribution in [0.3, 0.4) is 0 Å². The molecular weight excluding hydrogens is 603 g/mol. The zero-order valence-corrected chi connectivity index (χ0v) is 25.2. The van der Waals surface area contributed by atoms with Gasteiger partial charge in [-0.25, -0.2) is 8.42 Å². The average Bonchev–Trinajstić information content (AvgIpc) is 2.99. The Morgan fingerprint density at radius 3 is 1.68 bits per heavy atom. The molecule has 5 aliphatic rings. The molecule has 5 atom stereocenters. The molecule has 5 unspecified atom stereocenters. The van der Waals surface area contributed by atoms with E-state index in [1.165, 1.54) is 12.0 Å². The monoisotopic (exact) mass is 639 g/mol. The van der Waals surface area contributed by atoms with Gasteiger partial charge in [0.25, 0.3) is 6.10 Å². The van der Waals surface area contributed by atoms with Crippen LogP contribution in [0.5, 0.6) is 0 Å². The lowest BCUT2D eigenvalue weighted by atomic mass is 9.54. The standard InChI is InChI=1S/C33H37F5O5S/c1-18-27-23-14-12-22(20-10-6-3-7-11-20)17-26(23)29(24-15-13-21(16-25(24)27)19-8-4-2-5-9-19)28(18)30(39)43-31(32(34,35)36)33(37,38)44(40,41)42/h12-20,27-29,31H,2-11H2,1H3,(H,40,41,42)/p-1. The number of alkyl halides is 5. The van der Waals surface area contributed by atoms with Crippen LogP contribution in [0, 0.1) is 11.8 Å². The number of benzene rings is 2. The Morgan fingerprint density at radius 1 is 0.773 bits per heavy atom. The number of carbonyl (C=O) groups excluding carboxylic acids is 1. The Hall–Kier alpha value is -2.53. The first-order valence-electron chi connectivity index (χ1n) is 15.6. The van der Waals surface area contributed by atoms with Gasteiger partial charge in [-0.05, 0) is 76.8 Å². The number of fused-ring (bicyclic) bond motifs is 1. The van der Waals surface area contributed by atoms with Gasteiger partial charge in [-0.1, -0.05) is 81.8 Å². The van der Waals surface area contributed by atoms with E-state index in [-0.39, 0.29) is 0 Å². The first-order chi connectivity index (χ1) is 20.7. The van der Waals surface area contributed by atoms with Crippen LogP contribution in [0.25, 0.3) is 0 Å². The van der Waals surface area contributed by atoms with Crippen LogP contribution in [0.15, 0.2) is 36.4 Å². The molecule has 2 aromatic rings. The summed E-state index contributed by atoms with van der Waals surface area (Å²) in [6.45, 7) is 1.70. The Kier molecular flexibility index (Phi) is 8.13. The van der Waals surface area contributed by atoms with E-state index in [2.05, 4.69) is 16.9 Å². The lowest BCUT2D eigenvalue weighted by Gasteiger charge is -2.49. The summed E-state index contributed by atoms with van der Waals surface area (Å²) >= 11 is 0. The van der Waals surface area contributed by atoms with Gasteiger partial charge in [0.15, 0.2) is 10.1 Å². The van der Waals surface area contributed by atoms with Crippen LogP contribution in [0.2, 0.25) is 0 Å². The lowest BCUT2D eigenvalue weighted by Crippen LogP contribution is -2.54. The van der Waals surface area contributed by atoms with Crippen LogP contribution in [0.4, 0.5) is 22.0 Å². The number of halogens is 5. The van der Waals surface area contributed by atoms with E-state index >= 15 is 0 Å². The fourth-order valence-electron chi connectivity index (χ4n) is 8.47. The minimum absolute atomic E-state index is 0.307. The van der Waals surface area contributed by atoms with Gasteiger partial charge in [-0.2, -0.15) is 22.0 Å². The van der Waals surface area contributed by atoms with E-state index in [0.29, 0.717) is 11.8 Å². The molecule has 0 saturated heterocycles. The third-order valence-corrected chi connectivity index (χ3v) is 11.5. The molecule has 2 fully saturated rings. The zero-order chi connectivity index (χ0) is 31.6. The third kappa shape index (κ3) is 5.35. The smallest absolute Gasteiger partial charge is 0.432 e. The van der Waals surface area contributed by atoms with Crippen molar-refractivity contribution < 1.29 is 44.5 Å². The van der Waals surface area contributed by atoms with E-state index < -0.39 is 57.3 Å². The first kappa shape index (κ1) is 31.5. The predicted molar refractivity (Wildman–Crippen MR) is 151 cm³/mol. The van der Waals surface area contributed by atoms with E-state index in [1.807, 2.05) is 24.3 Å². The molecule has 0 amide bonds. The highest BCUT2D eigenvalue weighted by molar-refractivity contribution is 7.86. The molecule has 240 valence electrons. The number of rotatable bonds is 6. The normalized spacial score (nSPS) is 27.0. The summed E-state index contributed by atoms with van der Waals surface area (Å²) in [5, 5.41) is -5.89. The average molecular weight is 640 g/mol. The maximum Gasteiger partial charge on any atom is 0.432 e. The van der Waals surface area contributed by atoms with Crippen molar-refractivity contribution in [2.24, 2.45) is 11.8 Å². The van der Waals surface area contributed by atoms with Gasteiger partial charge in [0.05, 0.1) is 5.92 Å². The highest BCUT2D eigenvalue weighted by Gasteiger charge is 2.64. The van der Waals surface area contributed by atoms with E-state index in [0.717, 1.165) is 85.6 Å². The number of esters is 1. The second kappa shape index (κ2) is 11.4. The molecule has 44 heavy (non-hydrogen) atoms. The molecule has 0 heterocycles. The van der Waals surface area contributed by atoms with Crippen molar-refractivity contribution in [1.82, 2.24) is 0 Å². The molecule has 0 spiro atoms. The fraction of sp³-hybridized carbons (Fsp3) is 0.606. The van der Waals surface area contributed by atoms with Crippen LogP contribution in [-0.4, -0.2) is 36.5 Å². The second-order valence-corrected chi connectivity index (χ2v) is 14.6. The molecule has 2 bridgehead atoms. The number of hydrogen-bond acceptors (Lipinski definition) is 5. The molecule has 5 aliphatic carbocycles. The minimum atomic E-state index is -6.80. The molecular formula is C33H36F5O5S-. The third-order valence-electron chi connectivity index (χ3n) is 10.6. The summed E-state index contributed by atoms with van der Waals surface area (Å²) in [6.07, 6.45) is 0.500. The van der Waals surface area contributed by atoms with Crippen LogP contribution < -0.4 is 0 Å². The molecule has 7 rings (SSSR count). The van der Waals surface area contributed by atoms with Crippen LogP contribution in [0.1, 0.15) is 128 Å². The van der Waals surface area contributed by atoms with Gasteiger partial charge < -0.3 is 9.29 Å². The first-order valence-corrected chi connectivity index (χ1v) is 17.0. The largest absolute Gasteiger partial charge is 0.743 e. The van der Waals surface area contributed by atoms with Crippen molar-refractivity contribution in [3.63, 3.8) is 0 Å². The summed E-state index contributed by atoms with van der Waals surface area (Å²) in [7, 11) is -6.80. The van der Waals surface area contributed by atoms with Crippen molar-refractivity contribution in [3.05, 3.63) is 69.8 Å². The van der Waals surface area contributed by atoms with Gasteiger partial charge in [-0.15, -0.1) is 0 Å². The topological polar surface area (TPSA) is 83.5 Å². The minimum Gasteiger partial charge on any atom is -0.743 e. The maximum atomic E-state index is 14.4. The number of carbonyl (C=O) groups is 1. The van der Waals surface area contributed by atoms with Gasteiger partial charge in [0, 0.05) is 11.8 Å². The van der Waals surface area contributed by atoms with Crippen molar-refractivity contribution in [2.75, 3.05) is 0 Å². The predicted octanol–water partition coefficient (Wildman–Crippen LogP) is 8.24. The quantitative estimate of drug-likeness (QED) is 0.181. The molecule has 0 aliphatic heterocycles. The Morgan fingerprint density at radius 2 is 1.23 bits per heavy atom. The zero-order valence-electron chi connectivity index (χ0n) is 24.4. The maximum absolute atomic E-state index is 14.4. The Labute approximate surface area is 254 Å². The van der Waals surface area contributed by atoms with Crippen LogP contribution >= 0.6 is 0 Å². The molecule has 11 heteroatoms. The van der Waals surface area contributed by atoms with Crippen LogP contribution in [-0.2, 0) is 19.6 Å². The van der Waals surface area contributed by atoms with E-state index in [1.54, 1.807) is 6.92 Å². The van der Waals surface area contributed by atoms with E-state index in [4.69, 9.17) is 0 Å². The van der Waals surface area contributed by atoms with Crippen molar-refractivity contribution >= 4 is 16.1 Å². The SMILES string of the molecule is CC1C2c3cc(C4CCCCC4)ccc3C(c3cc(C4CCCCC4)ccc32)C1C(=O)OC(C(F)(F)F)C(F)(F)S(=O)(=O)[O-]. The summed E-state index contributed by atoms with van der Waals surface area (Å²) in [5.74, 6) is -4.00. The van der Waals surface area contributed by atoms with Crippen molar-refractivity contribution in [3.8, 4) is 0 Å². The second-order valence-electron chi connectivity index (χ2n) is 13.2. The van der Waals surface area contributed by atoms with Gasteiger partial charge >= 0.3 is 17.4 Å². The molecule has 0 N–H and O–H groups in total. The summed E-state index contributed by atoms with van der Waals surface area (Å²) in [6, 6.07) is 12.2. The molecule has 2 saturated carbocycles. The lowest BCUT2D eigenvalue weighted by molar-refractivity contribution is -0.261. The van der Waals surface area contributed by atoms with Gasteiger partial charge in [0.2, 0.25) is 0 Å². The highest BCUT2D eigenvalue weighted by atomic mass is 32.2. The Balaban J connectivity index is 1.43. The fourth-order valence-corrected chi connectivity index (χ4v) is 8.92. The number of ether oxygens (including phenoxy) is 1. The molecule has 2 aromatic carbocycles. The highest BCUT2D eigenvalue weighted by Crippen LogP contribution is 2.60. The van der Waals surface area contributed by atoms with Crippen molar-refractivity contribution in [2.45, 2.75) is 112 Å².